The standard InChI is InChI=1S/C17H13N3O2S/c1-10-3-2-4-12(7-10)18-16-19-14(9-23-16)11-5-6-13-15(8-11)22-17(21)20-13/h2-9H,1H3,(H,18,19)(H,20,21). The molecular formula is C17H13N3O2S. The number of fused-ring (bicyclic) bond motifs is 1. The number of nitrogens with zero attached hydrogens (tertiary/aromatic N) is 1. The lowest BCUT2D eigenvalue weighted by atomic mass is 10.1. The molecule has 0 aliphatic heterocycles. The fourth-order valence-corrected chi connectivity index (χ4v) is 3.15. The number of nitrogens with one attached hydrogen (secondary N) is 2. The zero-order chi connectivity index (χ0) is 15.8. The summed E-state index contributed by atoms with van der Waals surface area (Å²) in [4.78, 5) is 18.5. The molecule has 0 spiro atoms. The number of rotatable bonds is 3. The molecule has 0 radical (unpaired) electrons. The summed E-state index contributed by atoms with van der Waals surface area (Å²) in [7, 11) is 0. The number of aromatic nitrogens is 2. The van der Waals surface area contributed by atoms with Crippen molar-refractivity contribution in [1.82, 2.24) is 9.97 Å². The molecular weight excluding hydrogens is 310 g/mol. The number of oxazole rings is 1. The molecule has 114 valence electrons. The van der Waals surface area contributed by atoms with Crippen LogP contribution >= 0.6 is 11.3 Å². The smallest absolute Gasteiger partial charge is 0.408 e. The summed E-state index contributed by atoms with van der Waals surface area (Å²) in [6.07, 6.45) is 0. The van der Waals surface area contributed by atoms with Crippen LogP contribution in [0.5, 0.6) is 0 Å². The number of aryl methyl sites for hydroxylation is 1. The first-order chi connectivity index (χ1) is 11.2. The predicted octanol–water partition coefficient (Wildman–Crippen LogP) is 4.30. The third-order valence-electron chi connectivity index (χ3n) is 3.49. The van der Waals surface area contributed by atoms with Crippen molar-refractivity contribution in [2.75, 3.05) is 5.32 Å². The van der Waals surface area contributed by atoms with Gasteiger partial charge in [-0.15, -0.1) is 11.3 Å². The van der Waals surface area contributed by atoms with Crippen molar-refractivity contribution < 1.29 is 4.42 Å². The molecule has 0 fully saturated rings. The fourth-order valence-electron chi connectivity index (χ4n) is 2.41. The minimum absolute atomic E-state index is 0.447. The highest BCUT2D eigenvalue weighted by molar-refractivity contribution is 7.14. The second-order valence-corrected chi connectivity index (χ2v) is 6.12. The predicted molar refractivity (Wildman–Crippen MR) is 92.4 cm³/mol. The Morgan fingerprint density at radius 1 is 1.22 bits per heavy atom. The Labute approximate surface area is 135 Å². The lowest BCUT2D eigenvalue weighted by molar-refractivity contribution is 0.555. The Bertz CT molecular complexity index is 1050. The molecule has 2 heterocycles. The van der Waals surface area contributed by atoms with E-state index in [0.29, 0.717) is 11.1 Å². The van der Waals surface area contributed by atoms with Crippen LogP contribution in [0.2, 0.25) is 0 Å². The number of H-pyrrole nitrogens is 1. The molecule has 5 nitrogen and oxygen atoms in total. The average Bonchev–Trinajstić information content (AvgIpc) is 3.12. The largest absolute Gasteiger partial charge is 0.417 e. The summed E-state index contributed by atoms with van der Waals surface area (Å²) < 4.78 is 5.09. The minimum atomic E-state index is -0.447. The minimum Gasteiger partial charge on any atom is -0.408 e. The maximum Gasteiger partial charge on any atom is 0.417 e. The molecule has 0 amide bonds. The van der Waals surface area contributed by atoms with Crippen LogP contribution in [0.25, 0.3) is 22.4 Å². The molecule has 0 atom stereocenters. The van der Waals surface area contributed by atoms with E-state index in [4.69, 9.17) is 4.42 Å². The van der Waals surface area contributed by atoms with Gasteiger partial charge in [-0.2, -0.15) is 0 Å². The van der Waals surface area contributed by atoms with Crippen molar-refractivity contribution in [2.24, 2.45) is 0 Å². The Morgan fingerprint density at radius 2 is 2.13 bits per heavy atom. The Morgan fingerprint density at radius 3 is 3.00 bits per heavy atom. The maximum atomic E-state index is 11.2. The first-order valence-corrected chi connectivity index (χ1v) is 7.98. The summed E-state index contributed by atoms with van der Waals surface area (Å²) >= 11 is 1.53. The van der Waals surface area contributed by atoms with Gasteiger partial charge in [-0.05, 0) is 36.8 Å². The van der Waals surface area contributed by atoms with Gasteiger partial charge in [0.1, 0.15) is 0 Å². The molecule has 4 aromatic rings. The van der Waals surface area contributed by atoms with E-state index in [0.717, 1.165) is 22.1 Å². The quantitative estimate of drug-likeness (QED) is 0.590. The Balaban J connectivity index is 1.64. The van der Waals surface area contributed by atoms with Crippen LogP contribution in [0.3, 0.4) is 0 Å². The van der Waals surface area contributed by atoms with Crippen LogP contribution in [0.4, 0.5) is 10.8 Å². The second kappa shape index (κ2) is 5.40. The van der Waals surface area contributed by atoms with Crippen LogP contribution in [0.15, 0.2) is 57.1 Å². The number of hydrogen-bond donors (Lipinski definition) is 2. The SMILES string of the molecule is Cc1cccc(Nc2nc(-c3ccc4[nH]c(=O)oc4c3)cs2)c1. The van der Waals surface area contributed by atoms with Gasteiger partial charge in [-0.3, -0.25) is 4.98 Å². The number of thiazole rings is 1. The lowest BCUT2D eigenvalue weighted by Crippen LogP contribution is -1.92. The molecule has 6 heteroatoms. The molecule has 0 saturated heterocycles. The normalized spacial score (nSPS) is 11.0. The fraction of sp³-hybridized carbons (Fsp3) is 0.0588. The first kappa shape index (κ1) is 13.8. The number of anilines is 2. The maximum absolute atomic E-state index is 11.2. The van der Waals surface area contributed by atoms with E-state index in [9.17, 15) is 4.79 Å². The molecule has 0 bridgehead atoms. The highest BCUT2D eigenvalue weighted by atomic mass is 32.1. The summed E-state index contributed by atoms with van der Waals surface area (Å²) in [6.45, 7) is 2.05. The summed E-state index contributed by atoms with van der Waals surface area (Å²) in [5.74, 6) is -0.447. The molecule has 2 N–H and O–H groups in total. The van der Waals surface area contributed by atoms with Crippen LogP contribution in [0, 0.1) is 6.92 Å². The van der Waals surface area contributed by atoms with E-state index in [-0.39, 0.29) is 0 Å². The van der Waals surface area contributed by atoms with E-state index in [1.54, 1.807) is 0 Å². The summed E-state index contributed by atoms with van der Waals surface area (Å²) in [5, 5.41) is 6.10. The van der Waals surface area contributed by atoms with Crippen LogP contribution < -0.4 is 11.1 Å². The monoisotopic (exact) mass is 323 g/mol. The highest BCUT2D eigenvalue weighted by Crippen LogP contribution is 2.28. The first-order valence-electron chi connectivity index (χ1n) is 7.10. The van der Waals surface area contributed by atoms with Crippen molar-refractivity contribution in [3.63, 3.8) is 0 Å². The van der Waals surface area contributed by atoms with Crippen LogP contribution in [-0.2, 0) is 0 Å². The zero-order valence-electron chi connectivity index (χ0n) is 12.3. The van der Waals surface area contributed by atoms with Gasteiger partial charge in [0, 0.05) is 16.6 Å². The van der Waals surface area contributed by atoms with Gasteiger partial charge in [0.2, 0.25) is 0 Å². The number of aromatic amines is 1. The highest BCUT2D eigenvalue weighted by Gasteiger charge is 2.08. The van der Waals surface area contributed by atoms with Crippen molar-refractivity contribution in [3.8, 4) is 11.3 Å². The second-order valence-electron chi connectivity index (χ2n) is 5.26. The molecule has 0 aliphatic rings. The van der Waals surface area contributed by atoms with E-state index in [1.807, 2.05) is 35.7 Å². The van der Waals surface area contributed by atoms with Gasteiger partial charge >= 0.3 is 5.76 Å². The van der Waals surface area contributed by atoms with Crippen molar-refractivity contribution in [2.45, 2.75) is 6.92 Å². The van der Waals surface area contributed by atoms with E-state index in [2.05, 4.69) is 34.3 Å². The Kier molecular flexibility index (Phi) is 3.24. The van der Waals surface area contributed by atoms with Gasteiger partial charge in [0.05, 0.1) is 11.2 Å². The van der Waals surface area contributed by atoms with E-state index < -0.39 is 5.76 Å². The van der Waals surface area contributed by atoms with Gasteiger partial charge in [0.25, 0.3) is 0 Å². The lowest BCUT2D eigenvalue weighted by Gasteiger charge is -2.03. The topological polar surface area (TPSA) is 70.9 Å². The molecule has 2 aromatic carbocycles. The zero-order valence-corrected chi connectivity index (χ0v) is 13.1. The third-order valence-corrected chi connectivity index (χ3v) is 4.25. The van der Waals surface area contributed by atoms with E-state index >= 15 is 0 Å². The molecule has 4 rings (SSSR count). The third kappa shape index (κ3) is 2.76. The molecule has 23 heavy (non-hydrogen) atoms. The van der Waals surface area contributed by atoms with Gasteiger partial charge in [-0.1, -0.05) is 18.2 Å². The molecule has 0 saturated carbocycles. The van der Waals surface area contributed by atoms with Gasteiger partial charge < -0.3 is 9.73 Å². The molecule has 2 aromatic heterocycles. The number of benzene rings is 2. The molecule has 0 aliphatic carbocycles. The van der Waals surface area contributed by atoms with Gasteiger partial charge in [-0.25, -0.2) is 9.78 Å². The summed E-state index contributed by atoms with van der Waals surface area (Å²) in [6, 6.07) is 13.7. The number of hydrogen-bond acceptors (Lipinski definition) is 5. The Hall–Kier alpha value is -2.86. The molecule has 0 unspecified atom stereocenters. The van der Waals surface area contributed by atoms with Crippen molar-refractivity contribution >= 4 is 33.3 Å². The van der Waals surface area contributed by atoms with E-state index in [1.165, 1.54) is 16.9 Å². The van der Waals surface area contributed by atoms with Gasteiger partial charge in [0.15, 0.2) is 10.7 Å². The average molecular weight is 323 g/mol. The van der Waals surface area contributed by atoms with Crippen LogP contribution in [-0.4, -0.2) is 9.97 Å². The van der Waals surface area contributed by atoms with Crippen LogP contribution in [0.1, 0.15) is 5.56 Å². The summed E-state index contributed by atoms with van der Waals surface area (Å²) in [5.41, 5.74) is 5.18. The van der Waals surface area contributed by atoms with Crippen molar-refractivity contribution in [3.05, 3.63) is 64.0 Å². The van der Waals surface area contributed by atoms with Crippen molar-refractivity contribution in [1.29, 1.82) is 0 Å².